The molecule has 1 atom stereocenters. The molecular formula is C14H15F3N2O2. The normalized spacial score (nSPS) is 13.2. The molecule has 0 aliphatic heterocycles. The Kier molecular flexibility index (Phi) is 4.52. The molecular weight excluding hydrogens is 285 g/mol. The van der Waals surface area contributed by atoms with Crippen LogP contribution in [0.3, 0.4) is 0 Å². The van der Waals surface area contributed by atoms with Crippen LogP contribution in [0, 0.1) is 6.92 Å². The lowest BCUT2D eigenvalue weighted by atomic mass is 10.2. The molecule has 1 heterocycles. The van der Waals surface area contributed by atoms with Gasteiger partial charge in [-0.15, -0.1) is 0 Å². The van der Waals surface area contributed by atoms with Gasteiger partial charge in [-0.25, -0.2) is 4.98 Å². The van der Waals surface area contributed by atoms with Gasteiger partial charge in [-0.3, -0.25) is 0 Å². The quantitative estimate of drug-likeness (QED) is 0.923. The largest absolute Gasteiger partial charge is 0.490 e. The van der Waals surface area contributed by atoms with Gasteiger partial charge >= 0.3 is 6.18 Å². The van der Waals surface area contributed by atoms with Crippen molar-refractivity contribution in [1.29, 1.82) is 0 Å². The van der Waals surface area contributed by atoms with E-state index < -0.39 is 17.8 Å². The number of para-hydroxylation sites is 1. The van der Waals surface area contributed by atoms with E-state index in [4.69, 9.17) is 4.74 Å². The van der Waals surface area contributed by atoms with Crippen LogP contribution in [0.15, 0.2) is 36.7 Å². The molecule has 0 bridgehead atoms. The highest BCUT2D eigenvalue weighted by Gasteiger charge is 2.34. The summed E-state index contributed by atoms with van der Waals surface area (Å²) < 4.78 is 45.1. The molecule has 0 unspecified atom stereocenters. The van der Waals surface area contributed by atoms with Crippen LogP contribution >= 0.6 is 0 Å². The molecule has 21 heavy (non-hydrogen) atoms. The number of halogens is 3. The van der Waals surface area contributed by atoms with Gasteiger partial charge in [-0.05, 0) is 19.1 Å². The van der Waals surface area contributed by atoms with Crippen molar-refractivity contribution in [3.63, 3.8) is 0 Å². The van der Waals surface area contributed by atoms with Crippen LogP contribution < -0.4 is 4.74 Å². The lowest BCUT2D eigenvalue weighted by molar-refractivity contribution is -0.139. The number of hydrogen-bond donors (Lipinski definition) is 1. The molecule has 0 saturated carbocycles. The topological polar surface area (TPSA) is 47.3 Å². The number of aliphatic hydroxyl groups is 1. The highest BCUT2D eigenvalue weighted by atomic mass is 19.4. The highest BCUT2D eigenvalue weighted by molar-refractivity contribution is 5.35. The number of rotatable bonds is 5. The SMILES string of the molecule is Cc1nccn1C[C@@H](O)COc1ccccc1C(F)(F)F. The maximum Gasteiger partial charge on any atom is 0.419 e. The number of hydrogen-bond acceptors (Lipinski definition) is 3. The smallest absolute Gasteiger partial charge is 0.419 e. The molecule has 0 aliphatic carbocycles. The van der Waals surface area contributed by atoms with Gasteiger partial charge in [0, 0.05) is 12.4 Å². The van der Waals surface area contributed by atoms with E-state index >= 15 is 0 Å². The lowest BCUT2D eigenvalue weighted by Gasteiger charge is -2.17. The monoisotopic (exact) mass is 300 g/mol. The number of aliphatic hydroxyl groups excluding tert-OH is 1. The Hall–Kier alpha value is -2.02. The second kappa shape index (κ2) is 6.17. The van der Waals surface area contributed by atoms with Crippen LogP contribution in [-0.2, 0) is 12.7 Å². The summed E-state index contributed by atoms with van der Waals surface area (Å²) in [5.41, 5.74) is -0.851. The van der Waals surface area contributed by atoms with E-state index in [0.717, 1.165) is 6.07 Å². The van der Waals surface area contributed by atoms with Gasteiger partial charge in [-0.1, -0.05) is 12.1 Å². The molecule has 7 heteroatoms. The third-order valence-corrected chi connectivity index (χ3v) is 2.95. The number of aromatic nitrogens is 2. The van der Waals surface area contributed by atoms with Crippen LogP contribution in [0.5, 0.6) is 5.75 Å². The molecule has 2 aromatic rings. The van der Waals surface area contributed by atoms with Gasteiger partial charge in [0.15, 0.2) is 0 Å². The fourth-order valence-corrected chi connectivity index (χ4v) is 1.89. The molecule has 2 rings (SSSR count). The van der Waals surface area contributed by atoms with Crippen molar-refractivity contribution in [2.45, 2.75) is 25.7 Å². The summed E-state index contributed by atoms with van der Waals surface area (Å²) in [6.07, 6.45) is -2.15. The van der Waals surface area contributed by atoms with Gasteiger partial charge < -0.3 is 14.4 Å². The van der Waals surface area contributed by atoms with E-state index in [-0.39, 0.29) is 18.9 Å². The van der Waals surface area contributed by atoms with E-state index in [1.165, 1.54) is 18.2 Å². The Labute approximate surface area is 119 Å². The first-order valence-corrected chi connectivity index (χ1v) is 6.32. The van der Waals surface area contributed by atoms with E-state index in [1.807, 2.05) is 0 Å². The fraction of sp³-hybridized carbons (Fsp3) is 0.357. The zero-order valence-corrected chi connectivity index (χ0v) is 11.3. The van der Waals surface area contributed by atoms with E-state index in [9.17, 15) is 18.3 Å². The molecule has 1 aromatic carbocycles. The molecule has 0 saturated heterocycles. The van der Waals surface area contributed by atoms with Gasteiger partial charge in [0.25, 0.3) is 0 Å². The van der Waals surface area contributed by atoms with Gasteiger partial charge in [0.05, 0.1) is 12.1 Å². The molecule has 114 valence electrons. The van der Waals surface area contributed by atoms with Crippen LogP contribution in [0.25, 0.3) is 0 Å². The standard InChI is InChI=1S/C14H15F3N2O2/c1-10-18-6-7-19(10)8-11(20)9-21-13-5-3-2-4-12(13)14(15,16)17/h2-7,11,20H,8-9H2,1H3/t11-/m1/s1. The van der Waals surface area contributed by atoms with Crippen LogP contribution in [-0.4, -0.2) is 27.4 Å². The maximum absolute atomic E-state index is 12.8. The van der Waals surface area contributed by atoms with Crippen molar-refractivity contribution in [3.8, 4) is 5.75 Å². The summed E-state index contributed by atoms with van der Waals surface area (Å²) in [7, 11) is 0. The van der Waals surface area contributed by atoms with Crippen molar-refractivity contribution in [3.05, 3.63) is 48.0 Å². The average Bonchev–Trinajstić information content (AvgIpc) is 2.81. The second-order valence-corrected chi connectivity index (χ2v) is 4.59. The Balaban J connectivity index is 1.99. The Morgan fingerprint density at radius 2 is 2.05 bits per heavy atom. The summed E-state index contributed by atoms with van der Waals surface area (Å²) in [6.45, 7) is 1.75. The van der Waals surface area contributed by atoms with E-state index in [1.54, 1.807) is 23.9 Å². The maximum atomic E-state index is 12.8. The molecule has 0 radical (unpaired) electrons. The van der Waals surface area contributed by atoms with Crippen molar-refractivity contribution >= 4 is 0 Å². The fourth-order valence-electron chi connectivity index (χ4n) is 1.89. The zero-order valence-electron chi connectivity index (χ0n) is 11.3. The van der Waals surface area contributed by atoms with Gasteiger partial charge in [-0.2, -0.15) is 13.2 Å². The Morgan fingerprint density at radius 1 is 1.33 bits per heavy atom. The van der Waals surface area contributed by atoms with Gasteiger partial charge in [0.1, 0.15) is 24.3 Å². The van der Waals surface area contributed by atoms with Crippen molar-refractivity contribution in [2.75, 3.05) is 6.61 Å². The zero-order chi connectivity index (χ0) is 15.5. The number of alkyl halides is 3. The first kappa shape index (κ1) is 15.4. The van der Waals surface area contributed by atoms with Crippen molar-refractivity contribution < 1.29 is 23.0 Å². The lowest BCUT2D eigenvalue weighted by Crippen LogP contribution is -2.24. The molecule has 0 fully saturated rings. The summed E-state index contributed by atoms with van der Waals surface area (Å²) >= 11 is 0. The summed E-state index contributed by atoms with van der Waals surface area (Å²) in [5, 5.41) is 9.85. The number of nitrogens with zero attached hydrogens (tertiary/aromatic N) is 2. The highest BCUT2D eigenvalue weighted by Crippen LogP contribution is 2.35. The third kappa shape index (κ3) is 3.98. The molecule has 1 aromatic heterocycles. The predicted molar refractivity (Wildman–Crippen MR) is 69.9 cm³/mol. The van der Waals surface area contributed by atoms with Crippen LogP contribution in [0.4, 0.5) is 13.2 Å². The molecule has 4 nitrogen and oxygen atoms in total. The van der Waals surface area contributed by atoms with Crippen LogP contribution in [0.1, 0.15) is 11.4 Å². The molecule has 0 aliphatic rings. The van der Waals surface area contributed by atoms with Crippen molar-refractivity contribution in [2.24, 2.45) is 0 Å². The number of ether oxygens (including phenoxy) is 1. The van der Waals surface area contributed by atoms with Gasteiger partial charge in [0.2, 0.25) is 0 Å². The number of imidazole rings is 1. The summed E-state index contributed by atoms with van der Waals surface area (Å²) in [4.78, 5) is 4.00. The van der Waals surface area contributed by atoms with Crippen molar-refractivity contribution in [1.82, 2.24) is 9.55 Å². The molecule has 0 amide bonds. The average molecular weight is 300 g/mol. The minimum absolute atomic E-state index is 0.208. The summed E-state index contributed by atoms with van der Waals surface area (Å²) in [6, 6.07) is 4.93. The molecule has 1 N–H and O–H groups in total. The van der Waals surface area contributed by atoms with E-state index in [0.29, 0.717) is 5.82 Å². The van der Waals surface area contributed by atoms with E-state index in [2.05, 4.69) is 4.98 Å². The minimum Gasteiger partial charge on any atom is -0.490 e. The number of benzene rings is 1. The summed E-state index contributed by atoms with van der Waals surface area (Å²) in [5.74, 6) is 0.427. The number of aryl methyl sites for hydroxylation is 1. The first-order valence-electron chi connectivity index (χ1n) is 6.32. The van der Waals surface area contributed by atoms with Crippen LogP contribution in [0.2, 0.25) is 0 Å². The second-order valence-electron chi connectivity index (χ2n) is 4.59. The third-order valence-electron chi connectivity index (χ3n) is 2.95. The Bertz CT molecular complexity index is 596. The first-order chi connectivity index (χ1) is 9.88. The Morgan fingerprint density at radius 3 is 2.67 bits per heavy atom. The minimum atomic E-state index is -4.48. The predicted octanol–water partition coefficient (Wildman–Crippen LogP) is 2.65. The molecule has 0 spiro atoms.